The van der Waals surface area contributed by atoms with E-state index < -0.39 is 30.5 Å². The van der Waals surface area contributed by atoms with Crippen LogP contribution in [-0.4, -0.2) is 30.5 Å². The minimum Gasteiger partial charge on any atom is -0.484 e. The highest BCUT2D eigenvalue weighted by Gasteiger charge is 2.42. The number of ether oxygens (including phenoxy) is 1. The van der Waals surface area contributed by atoms with Crippen LogP contribution in [0.1, 0.15) is 6.92 Å². The Morgan fingerprint density at radius 1 is 1.26 bits per heavy atom. The fourth-order valence-corrected chi connectivity index (χ4v) is 1.26. The Hall–Kier alpha value is -2.05. The molecule has 1 amide bonds. The van der Waals surface area contributed by atoms with Gasteiger partial charge in [0.25, 0.3) is 11.7 Å². The molecular weight excluding hydrogens is 263 g/mol. The Kier molecular flexibility index (Phi) is 4.91. The molecule has 19 heavy (non-hydrogen) atoms. The lowest BCUT2D eigenvalue weighted by molar-refractivity contribution is -0.173. The summed E-state index contributed by atoms with van der Waals surface area (Å²) in [6, 6.07) is 6.67. The number of para-hydroxylation sites is 1. The summed E-state index contributed by atoms with van der Waals surface area (Å²) in [6.45, 7) is 0.510. The molecule has 0 saturated carbocycles. The zero-order valence-corrected chi connectivity index (χ0v) is 10.0. The molecule has 1 atom stereocenters. The number of Topliss-reactive ketones (excluding diaryl/α,β-unsaturated/α-hetero) is 1. The van der Waals surface area contributed by atoms with Crippen molar-refractivity contribution in [3.8, 4) is 5.75 Å². The molecule has 0 radical (unpaired) electrons. The van der Waals surface area contributed by atoms with Crippen molar-refractivity contribution >= 4 is 11.7 Å². The van der Waals surface area contributed by atoms with Crippen LogP contribution >= 0.6 is 0 Å². The highest BCUT2D eigenvalue weighted by molar-refractivity contribution is 5.92. The molecule has 4 nitrogen and oxygen atoms in total. The number of carbonyl (C=O) groups is 2. The summed E-state index contributed by atoms with van der Waals surface area (Å²) in [4.78, 5) is 22.1. The molecule has 1 aromatic rings. The van der Waals surface area contributed by atoms with Gasteiger partial charge in [-0.15, -0.1) is 0 Å². The summed E-state index contributed by atoms with van der Waals surface area (Å²) in [5, 5.41) is 1.92. The van der Waals surface area contributed by atoms with Crippen molar-refractivity contribution in [2.45, 2.75) is 19.1 Å². The van der Waals surface area contributed by atoms with Gasteiger partial charge in [0.15, 0.2) is 6.61 Å². The number of ketones is 1. The molecule has 0 unspecified atom stereocenters. The van der Waals surface area contributed by atoms with Crippen LogP contribution in [0.15, 0.2) is 30.3 Å². The largest absolute Gasteiger partial charge is 0.484 e. The number of halogens is 3. The number of rotatable bonds is 5. The first kappa shape index (κ1) is 15.0. The minimum atomic E-state index is -4.97. The van der Waals surface area contributed by atoms with E-state index in [-0.39, 0.29) is 0 Å². The third-order valence-electron chi connectivity index (χ3n) is 2.16. The maximum absolute atomic E-state index is 12.1. The predicted octanol–water partition coefficient (Wildman–Crippen LogP) is 1.70. The Labute approximate surface area is 107 Å². The number of alkyl halides is 3. The molecule has 0 saturated heterocycles. The van der Waals surface area contributed by atoms with Crippen LogP contribution in [0.25, 0.3) is 0 Å². The van der Waals surface area contributed by atoms with Crippen LogP contribution in [-0.2, 0) is 9.59 Å². The van der Waals surface area contributed by atoms with E-state index in [0.717, 1.165) is 6.92 Å². The Morgan fingerprint density at radius 2 is 1.84 bits per heavy atom. The fourth-order valence-electron chi connectivity index (χ4n) is 1.26. The fraction of sp³-hybridized carbons (Fsp3) is 0.333. The average molecular weight is 275 g/mol. The first-order valence-corrected chi connectivity index (χ1v) is 5.39. The van der Waals surface area contributed by atoms with Gasteiger partial charge in [-0.05, 0) is 19.1 Å². The second-order valence-electron chi connectivity index (χ2n) is 3.75. The molecular formula is C12H12F3NO3. The second kappa shape index (κ2) is 6.21. The van der Waals surface area contributed by atoms with Crippen molar-refractivity contribution in [2.75, 3.05) is 6.61 Å². The van der Waals surface area contributed by atoms with Gasteiger partial charge in [-0.1, -0.05) is 18.2 Å². The number of hydrogen-bond acceptors (Lipinski definition) is 3. The molecule has 1 rings (SSSR count). The Morgan fingerprint density at radius 3 is 2.37 bits per heavy atom. The van der Waals surface area contributed by atoms with Crippen molar-refractivity contribution in [3.05, 3.63) is 30.3 Å². The first-order chi connectivity index (χ1) is 8.80. The van der Waals surface area contributed by atoms with E-state index in [1.165, 1.54) is 0 Å². The molecule has 0 heterocycles. The van der Waals surface area contributed by atoms with Crippen LogP contribution in [0, 0.1) is 0 Å². The highest BCUT2D eigenvalue weighted by atomic mass is 19.4. The van der Waals surface area contributed by atoms with E-state index in [0.29, 0.717) is 5.75 Å². The van der Waals surface area contributed by atoms with Gasteiger partial charge in [0.05, 0.1) is 6.04 Å². The van der Waals surface area contributed by atoms with Gasteiger partial charge in [-0.25, -0.2) is 0 Å². The monoisotopic (exact) mass is 275 g/mol. The van der Waals surface area contributed by atoms with Crippen molar-refractivity contribution < 1.29 is 27.5 Å². The van der Waals surface area contributed by atoms with Crippen molar-refractivity contribution in [3.63, 3.8) is 0 Å². The van der Waals surface area contributed by atoms with Gasteiger partial charge >= 0.3 is 6.18 Å². The number of amides is 1. The second-order valence-corrected chi connectivity index (χ2v) is 3.75. The SMILES string of the molecule is C[C@@H](NC(=O)COc1ccccc1)C(=O)C(F)(F)F. The van der Waals surface area contributed by atoms with Gasteiger partial charge < -0.3 is 10.1 Å². The smallest absolute Gasteiger partial charge is 0.452 e. The molecule has 0 aliphatic rings. The van der Waals surface area contributed by atoms with Gasteiger partial charge in [0.1, 0.15) is 5.75 Å². The van der Waals surface area contributed by atoms with Crippen molar-refractivity contribution in [1.82, 2.24) is 5.32 Å². The quantitative estimate of drug-likeness (QED) is 0.890. The van der Waals surface area contributed by atoms with Crippen LogP contribution in [0.4, 0.5) is 13.2 Å². The average Bonchev–Trinajstić information content (AvgIpc) is 2.35. The van der Waals surface area contributed by atoms with Gasteiger partial charge in [0, 0.05) is 0 Å². The Bertz CT molecular complexity index is 445. The molecule has 7 heteroatoms. The lowest BCUT2D eigenvalue weighted by Crippen LogP contribution is -2.46. The summed E-state index contributed by atoms with van der Waals surface area (Å²) in [5.74, 6) is -2.39. The summed E-state index contributed by atoms with van der Waals surface area (Å²) in [5.41, 5.74) is 0. The molecule has 0 bridgehead atoms. The topological polar surface area (TPSA) is 55.4 Å². The molecule has 0 aliphatic heterocycles. The van der Waals surface area contributed by atoms with Crippen LogP contribution in [0.5, 0.6) is 5.75 Å². The third kappa shape index (κ3) is 4.99. The minimum absolute atomic E-state index is 0.410. The van der Waals surface area contributed by atoms with E-state index in [1.807, 2.05) is 5.32 Å². The number of benzene rings is 1. The van der Waals surface area contributed by atoms with Gasteiger partial charge in [-0.3, -0.25) is 9.59 Å². The molecule has 1 N–H and O–H groups in total. The normalized spacial score (nSPS) is 12.6. The van der Waals surface area contributed by atoms with Crippen LogP contribution in [0.3, 0.4) is 0 Å². The number of nitrogens with one attached hydrogen (secondary N) is 1. The summed E-state index contributed by atoms with van der Waals surface area (Å²) in [7, 11) is 0. The maximum Gasteiger partial charge on any atom is 0.452 e. The van der Waals surface area contributed by atoms with Crippen LogP contribution < -0.4 is 10.1 Å². The van der Waals surface area contributed by atoms with E-state index in [9.17, 15) is 22.8 Å². The zero-order valence-electron chi connectivity index (χ0n) is 10.0. The summed E-state index contributed by atoms with van der Waals surface area (Å²) in [6.07, 6.45) is -4.97. The maximum atomic E-state index is 12.1. The molecule has 104 valence electrons. The Balaban J connectivity index is 2.42. The van der Waals surface area contributed by atoms with Gasteiger partial charge in [-0.2, -0.15) is 13.2 Å². The molecule has 0 fully saturated rings. The van der Waals surface area contributed by atoms with Crippen LogP contribution in [0.2, 0.25) is 0 Å². The first-order valence-electron chi connectivity index (χ1n) is 5.39. The summed E-state index contributed by atoms with van der Waals surface area (Å²) >= 11 is 0. The summed E-state index contributed by atoms with van der Waals surface area (Å²) < 4.78 is 41.2. The lowest BCUT2D eigenvalue weighted by Gasteiger charge is -2.14. The number of carbonyl (C=O) groups excluding carboxylic acids is 2. The van der Waals surface area contributed by atoms with Gasteiger partial charge in [0.2, 0.25) is 0 Å². The highest BCUT2D eigenvalue weighted by Crippen LogP contribution is 2.17. The molecule has 0 spiro atoms. The van der Waals surface area contributed by atoms with E-state index in [2.05, 4.69) is 0 Å². The van der Waals surface area contributed by atoms with Crippen molar-refractivity contribution in [1.29, 1.82) is 0 Å². The molecule has 0 aliphatic carbocycles. The molecule has 1 aromatic carbocycles. The van der Waals surface area contributed by atoms with E-state index >= 15 is 0 Å². The van der Waals surface area contributed by atoms with E-state index in [1.54, 1.807) is 30.3 Å². The standard InChI is InChI=1S/C12H12F3NO3/c1-8(11(18)12(13,14)15)16-10(17)7-19-9-5-3-2-4-6-9/h2-6,8H,7H2,1H3,(H,16,17)/t8-/m1/s1. The lowest BCUT2D eigenvalue weighted by atomic mass is 10.2. The molecule has 0 aromatic heterocycles. The number of hydrogen-bond donors (Lipinski definition) is 1. The zero-order chi connectivity index (χ0) is 14.5. The van der Waals surface area contributed by atoms with E-state index in [4.69, 9.17) is 4.74 Å². The van der Waals surface area contributed by atoms with Crippen molar-refractivity contribution in [2.24, 2.45) is 0 Å². The predicted molar refractivity (Wildman–Crippen MR) is 60.6 cm³/mol. The third-order valence-corrected chi connectivity index (χ3v) is 2.16.